The highest BCUT2D eigenvalue weighted by Crippen LogP contribution is 2.21. The molecule has 0 unspecified atom stereocenters. The van der Waals surface area contributed by atoms with Gasteiger partial charge in [0.1, 0.15) is 0 Å². The molecule has 0 spiro atoms. The molecule has 2 aromatic carbocycles. The van der Waals surface area contributed by atoms with Crippen LogP contribution in [-0.4, -0.2) is 19.8 Å². The summed E-state index contributed by atoms with van der Waals surface area (Å²) >= 11 is 0. The minimum atomic E-state index is 0.862. The monoisotopic (exact) mass is 234 g/mol. The fraction of sp³-hybridized carbons (Fsp3) is 0.0714. The molecule has 0 N–H and O–H groups in total. The van der Waals surface area contributed by atoms with Crippen molar-refractivity contribution in [2.24, 2.45) is 0 Å². The molecule has 4 nitrogen and oxygen atoms in total. The van der Waals surface area contributed by atoms with E-state index in [0.717, 1.165) is 27.6 Å². The molecular weight excluding hydrogens is 224 g/mol. The summed E-state index contributed by atoms with van der Waals surface area (Å²) in [6.45, 7) is 2.06. The summed E-state index contributed by atoms with van der Waals surface area (Å²) in [5.74, 6) is 0. The van der Waals surface area contributed by atoms with Crippen molar-refractivity contribution < 1.29 is 0 Å². The molecule has 0 fully saturated rings. The first-order valence-electron chi connectivity index (χ1n) is 5.83. The van der Waals surface area contributed by atoms with Crippen LogP contribution in [-0.2, 0) is 0 Å². The van der Waals surface area contributed by atoms with E-state index in [9.17, 15) is 0 Å². The molecule has 0 saturated carbocycles. The normalized spacial score (nSPS) is 11.6. The highest BCUT2D eigenvalue weighted by Gasteiger charge is 2.09. The zero-order valence-corrected chi connectivity index (χ0v) is 9.83. The number of aromatic nitrogens is 4. The average Bonchev–Trinajstić information content (AvgIpc) is 2.77. The molecule has 4 heteroatoms. The van der Waals surface area contributed by atoms with E-state index < -0.39 is 0 Å². The Morgan fingerprint density at radius 3 is 2.83 bits per heavy atom. The molecule has 0 aliphatic carbocycles. The Morgan fingerprint density at radius 2 is 1.89 bits per heavy atom. The van der Waals surface area contributed by atoms with Gasteiger partial charge in [-0.2, -0.15) is 4.52 Å². The van der Waals surface area contributed by atoms with E-state index in [-0.39, 0.29) is 0 Å². The second-order valence-corrected chi connectivity index (χ2v) is 4.45. The summed E-state index contributed by atoms with van der Waals surface area (Å²) < 4.78 is 1.81. The largest absolute Gasteiger partial charge is 0.226 e. The highest BCUT2D eigenvalue weighted by molar-refractivity contribution is 5.95. The van der Waals surface area contributed by atoms with Crippen molar-refractivity contribution in [3.63, 3.8) is 0 Å². The van der Waals surface area contributed by atoms with Crippen molar-refractivity contribution in [3.8, 4) is 0 Å². The number of nitrogens with zero attached hydrogens (tertiary/aromatic N) is 4. The van der Waals surface area contributed by atoms with Crippen LogP contribution in [0.1, 0.15) is 5.56 Å². The van der Waals surface area contributed by atoms with Crippen molar-refractivity contribution in [2.45, 2.75) is 6.92 Å². The second-order valence-electron chi connectivity index (χ2n) is 4.45. The van der Waals surface area contributed by atoms with Crippen LogP contribution in [0.5, 0.6) is 0 Å². The van der Waals surface area contributed by atoms with Gasteiger partial charge in [-0.3, -0.25) is 0 Å². The fourth-order valence-corrected chi connectivity index (χ4v) is 2.28. The maximum absolute atomic E-state index is 4.64. The first-order valence-corrected chi connectivity index (χ1v) is 5.83. The van der Waals surface area contributed by atoms with Crippen LogP contribution in [0.15, 0.2) is 42.5 Å². The molecule has 18 heavy (non-hydrogen) atoms. The molecule has 2 aromatic heterocycles. The third-order valence-electron chi connectivity index (χ3n) is 3.17. The van der Waals surface area contributed by atoms with Gasteiger partial charge in [-0.05, 0) is 36.8 Å². The summed E-state index contributed by atoms with van der Waals surface area (Å²) in [6, 6.07) is 14.1. The van der Waals surface area contributed by atoms with Gasteiger partial charge in [0.25, 0.3) is 0 Å². The lowest BCUT2D eigenvalue weighted by molar-refractivity contribution is 0.850. The average molecular weight is 234 g/mol. The van der Waals surface area contributed by atoms with Crippen LogP contribution in [0.25, 0.3) is 27.6 Å². The van der Waals surface area contributed by atoms with E-state index >= 15 is 0 Å². The quantitative estimate of drug-likeness (QED) is 0.470. The van der Waals surface area contributed by atoms with E-state index in [0.29, 0.717) is 0 Å². The van der Waals surface area contributed by atoms with Crippen molar-refractivity contribution in [2.75, 3.05) is 0 Å². The Bertz CT molecular complexity index is 892. The Labute approximate surface area is 103 Å². The molecule has 0 aliphatic rings. The van der Waals surface area contributed by atoms with Gasteiger partial charge in [-0.25, -0.2) is 4.98 Å². The molecular formula is C14H10N4. The molecule has 0 radical (unpaired) electrons. The molecule has 0 atom stereocenters. The summed E-state index contributed by atoms with van der Waals surface area (Å²) in [5, 5.41) is 9.51. The van der Waals surface area contributed by atoms with Crippen LogP contribution >= 0.6 is 0 Å². The minimum Gasteiger partial charge on any atom is -0.226 e. The predicted octanol–water partition coefficient (Wildman–Crippen LogP) is 2.74. The number of rotatable bonds is 0. The topological polar surface area (TPSA) is 43.1 Å². The number of hydrogen-bond donors (Lipinski definition) is 0. The van der Waals surface area contributed by atoms with Crippen LogP contribution in [0.2, 0.25) is 0 Å². The Hall–Kier alpha value is -2.49. The van der Waals surface area contributed by atoms with Gasteiger partial charge < -0.3 is 0 Å². The van der Waals surface area contributed by atoms with Gasteiger partial charge >= 0.3 is 0 Å². The van der Waals surface area contributed by atoms with E-state index in [1.54, 1.807) is 0 Å². The smallest absolute Gasteiger partial charge is 0.166 e. The maximum atomic E-state index is 4.64. The lowest BCUT2D eigenvalue weighted by atomic mass is 10.2. The Morgan fingerprint density at radius 1 is 1.00 bits per heavy atom. The predicted molar refractivity (Wildman–Crippen MR) is 70.5 cm³/mol. The summed E-state index contributed by atoms with van der Waals surface area (Å²) in [7, 11) is 0. The SMILES string of the molecule is Cc1ccc2nc3c4ccccc4nnn3c2c1. The Kier molecular flexibility index (Phi) is 1.73. The minimum absolute atomic E-state index is 0.862. The van der Waals surface area contributed by atoms with Gasteiger partial charge in [0, 0.05) is 5.39 Å². The zero-order chi connectivity index (χ0) is 12.1. The fourth-order valence-electron chi connectivity index (χ4n) is 2.28. The lowest BCUT2D eigenvalue weighted by Crippen LogP contribution is -1.96. The first-order chi connectivity index (χ1) is 8.83. The number of aryl methyl sites for hydroxylation is 1. The van der Waals surface area contributed by atoms with Gasteiger partial charge in [0.05, 0.1) is 16.6 Å². The van der Waals surface area contributed by atoms with Crippen molar-refractivity contribution in [1.29, 1.82) is 0 Å². The third-order valence-corrected chi connectivity index (χ3v) is 3.17. The van der Waals surface area contributed by atoms with Gasteiger partial charge in [-0.15, -0.1) is 5.10 Å². The van der Waals surface area contributed by atoms with Gasteiger partial charge in [-0.1, -0.05) is 23.4 Å². The van der Waals surface area contributed by atoms with E-state index in [1.165, 1.54) is 5.56 Å². The number of imidazole rings is 1. The Balaban J connectivity index is 2.30. The molecule has 86 valence electrons. The summed E-state index contributed by atoms with van der Waals surface area (Å²) in [4.78, 5) is 4.64. The van der Waals surface area contributed by atoms with Crippen LogP contribution in [0, 0.1) is 6.92 Å². The molecule has 0 saturated heterocycles. The van der Waals surface area contributed by atoms with E-state index in [4.69, 9.17) is 0 Å². The second kappa shape index (κ2) is 3.26. The molecule has 2 heterocycles. The standard InChI is InChI=1S/C14H10N4/c1-9-6-7-12-13(8-9)18-14(15-12)10-4-2-3-5-11(10)16-17-18/h2-8H,1H3. The molecule has 4 rings (SSSR count). The van der Waals surface area contributed by atoms with E-state index in [1.807, 2.05) is 34.8 Å². The summed E-state index contributed by atoms with van der Waals surface area (Å²) in [5.41, 5.74) is 4.88. The lowest BCUT2D eigenvalue weighted by Gasteiger charge is -1.98. The van der Waals surface area contributed by atoms with Crippen molar-refractivity contribution >= 4 is 27.6 Å². The van der Waals surface area contributed by atoms with Crippen LogP contribution < -0.4 is 0 Å². The molecule has 0 amide bonds. The number of fused-ring (bicyclic) bond motifs is 5. The molecule has 0 aliphatic heterocycles. The van der Waals surface area contributed by atoms with Gasteiger partial charge in [0.2, 0.25) is 0 Å². The van der Waals surface area contributed by atoms with Crippen molar-refractivity contribution in [1.82, 2.24) is 19.8 Å². The number of benzene rings is 2. The zero-order valence-electron chi connectivity index (χ0n) is 9.83. The van der Waals surface area contributed by atoms with E-state index in [2.05, 4.69) is 34.4 Å². The molecule has 4 aromatic rings. The third kappa shape index (κ3) is 1.17. The first kappa shape index (κ1) is 9.53. The van der Waals surface area contributed by atoms with Crippen LogP contribution in [0.3, 0.4) is 0 Å². The van der Waals surface area contributed by atoms with Crippen LogP contribution in [0.4, 0.5) is 0 Å². The highest BCUT2D eigenvalue weighted by atomic mass is 15.4. The van der Waals surface area contributed by atoms with Gasteiger partial charge in [0.15, 0.2) is 5.65 Å². The number of hydrogen-bond acceptors (Lipinski definition) is 3. The van der Waals surface area contributed by atoms with Crippen molar-refractivity contribution in [3.05, 3.63) is 48.0 Å². The summed E-state index contributed by atoms with van der Waals surface area (Å²) in [6.07, 6.45) is 0. The maximum Gasteiger partial charge on any atom is 0.166 e. The molecule has 0 bridgehead atoms.